The fraction of sp³-hybridized carbons (Fsp3) is 0.100. The molecule has 7 nitrogen and oxygen atoms in total. The lowest BCUT2D eigenvalue weighted by molar-refractivity contribution is 0.0997. The molecule has 0 aliphatic carbocycles. The Bertz CT molecular complexity index is 1310. The molecule has 0 unspecified atom stereocenters. The number of rotatable bonds is 4. The van der Waals surface area contributed by atoms with Crippen LogP contribution in [-0.2, 0) is 6.54 Å². The first kappa shape index (κ1) is 19.0. The number of amides is 1. The average Bonchev–Trinajstić information content (AvgIpc) is 2.99. The number of fused-ring (bicyclic) bond motifs is 1. The Hall–Kier alpha value is -3.33. The van der Waals surface area contributed by atoms with Gasteiger partial charge in [-0.25, -0.2) is 23.7 Å². The van der Waals surface area contributed by atoms with Crippen LogP contribution in [0.2, 0.25) is 0 Å². The molecule has 9 heteroatoms. The third kappa shape index (κ3) is 3.13. The molecule has 0 saturated heterocycles. The van der Waals surface area contributed by atoms with E-state index in [-0.39, 0.29) is 29.2 Å². The lowest BCUT2D eigenvalue weighted by atomic mass is 10.2. The molecule has 2 N–H and O–H groups in total. The Morgan fingerprint density at radius 3 is 2.45 bits per heavy atom. The molecule has 2 heterocycles. The van der Waals surface area contributed by atoms with E-state index in [2.05, 4.69) is 25.9 Å². The molecule has 2 aromatic carbocycles. The number of halogens is 2. The Morgan fingerprint density at radius 2 is 1.83 bits per heavy atom. The van der Waals surface area contributed by atoms with Crippen LogP contribution < -0.4 is 11.4 Å². The molecular formula is C20H15BrFN5O2. The fourth-order valence-corrected chi connectivity index (χ4v) is 3.67. The zero-order valence-electron chi connectivity index (χ0n) is 15.3. The van der Waals surface area contributed by atoms with Crippen LogP contribution in [0.5, 0.6) is 0 Å². The number of nitrogens with two attached hydrogens (primary N) is 1. The van der Waals surface area contributed by atoms with E-state index in [1.807, 2.05) is 18.2 Å². The minimum atomic E-state index is -0.774. The number of carbonyl (C=O) groups excluding carboxylic acids is 1. The summed E-state index contributed by atoms with van der Waals surface area (Å²) in [6, 6.07) is 12.7. The molecule has 0 bridgehead atoms. The third-order valence-corrected chi connectivity index (χ3v) is 5.21. The second kappa shape index (κ2) is 7.25. The molecule has 0 saturated carbocycles. The van der Waals surface area contributed by atoms with E-state index in [0.29, 0.717) is 11.3 Å². The molecule has 1 amide bonds. The van der Waals surface area contributed by atoms with Gasteiger partial charge in [-0.05, 0) is 37.3 Å². The van der Waals surface area contributed by atoms with Gasteiger partial charge in [0, 0.05) is 16.6 Å². The molecule has 0 atom stereocenters. The maximum Gasteiger partial charge on any atom is 0.335 e. The van der Waals surface area contributed by atoms with E-state index in [4.69, 9.17) is 5.73 Å². The minimum Gasteiger partial charge on any atom is -0.364 e. The highest BCUT2D eigenvalue weighted by Crippen LogP contribution is 2.28. The summed E-state index contributed by atoms with van der Waals surface area (Å²) < 4.78 is 16.8. The highest BCUT2D eigenvalue weighted by molar-refractivity contribution is 9.10. The van der Waals surface area contributed by atoms with Crippen molar-refractivity contribution in [2.75, 3.05) is 0 Å². The second-order valence-electron chi connectivity index (χ2n) is 6.25. The van der Waals surface area contributed by atoms with Crippen molar-refractivity contribution in [3.8, 4) is 17.1 Å². The lowest BCUT2D eigenvalue weighted by Gasteiger charge is -2.08. The van der Waals surface area contributed by atoms with Crippen molar-refractivity contribution in [3.63, 3.8) is 0 Å². The Kier molecular flexibility index (Phi) is 4.75. The van der Waals surface area contributed by atoms with Gasteiger partial charge in [-0.3, -0.25) is 9.36 Å². The van der Waals surface area contributed by atoms with Crippen molar-refractivity contribution in [2.45, 2.75) is 13.5 Å². The lowest BCUT2D eigenvalue weighted by Crippen LogP contribution is -2.23. The Labute approximate surface area is 172 Å². The summed E-state index contributed by atoms with van der Waals surface area (Å²) in [5, 5.41) is 0. The van der Waals surface area contributed by atoms with Crippen molar-refractivity contribution in [3.05, 3.63) is 75.0 Å². The summed E-state index contributed by atoms with van der Waals surface area (Å²) in [6.45, 7) is 2.05. The van der Waals surface area contributed by atoms with Crippen LogP contribution in [0, 0.1) is 5.82 Å². The van der Waals surface area contributed by atoms with Crippen LogP contribution in [-0.4, -0.2) is 25.0 Å². The summed E-state index contributed by atoms with van der Waals surface area (Å²) in [7, 11) is 0. The maximum absolute atomic E-state index is 13.4. The number of aryl methyl sites for hydroxylation is 1. The number of primary amides is 1. The van der Waals surface area contributed by atoms with Gasteiger partial charge in [-0.15, -0.1) is 0 Å². The first-order valence-electron chi connectivity index (χ1n) is 8.76. The second-order valence-corrected chi connectivity index (χ2v) is 7.11. The molecule has 0 aliphatic rings. The largest absolute Gasteiger partial charge is 0.364 e. The minimum absolute atomic E-state index is 0.0550. The summed E-state index contributed by atoms with van der Waals surface area (Å²) in [5.74, 6) is -0.963. The van der Waals surface area contributed by atoms with Gasteiger partial charge in [0.15, 0.2) is 17.2 Å². The van der Waals surface area contributed by atoms with Gasteiger partial charge in [0.25, 0.3) is 5.91 Å². The zero-order chi connectivity index (χ0) is 20.7. The van der Waals surface area contributed by atoms with Crippen molar-refractivity contribution >= 4 is 33.0 Å². The van der Waals surface area contributed by atoms with Crippen LogP contribution >= 0.6 is 15.9 Å². The molecule has 4 rings (SSSR count). The molecule has 29 heavy (non-hydrogen) atoms. The van der Waals surface area contributed by atoms with Crippen LogP contribution in [0.15, 0.2) is 57.8 Å². The molecule has 0 radical (unpaired) electrons. The molecule has 4 aromatic rings. The van der Waals surface area contributed by atoms with E-state index in [1.165, 1.54) is 33.4 Å². The molecule has 146 valence electrons. The summed E-state index contributed by atoms with van der Waals surface area (Å²) in [5.41, 5.74) is 6.63. The fourth-order valence-electron chi connectivity index (χ4n) is 3.21. The summed E-state index contributed by atoms with van der Waals surface area (Å²) in [4.78, 5) is 34.2. The van der Waals surface area contributed by atoms with Gasteiger partial charge in [0.2, 0.25) is 0 Å². The van der Waals surface area contributed by atoms with E-state index in [1.54, 1.807) is 13.0 Å². The predicted octanol–water partition coefficient (Wildman–Crippen LogP) is 3.27. The number of imidazole rings is 1. The highest BCUT2D eigenvalue weighted by Gasteiger charge is 2.24. The van der Waals surface area contributed by atoms with E-state index in [0.717, 1.165) is 4.47 Å². The summed E-state index contributed by atoms with van der Waals surface area (Å²) >= 11 is 3.45. The highest BCUT2D eigenvalue weighted by atomic mass is 79.9. The molecule has 0 fully saturated rings. The van der Waals surface area contributed by atoms with Crippen LogP contribution in [0.4, 0.5) is 4.39 Å². The van der Waals surface area contributed by atoms with Gasteiger partial charge < -0.3 is 5.73 Å². The maximum atomic E-state index is 13.4. The van der Waals surface area contributed by atoms with Gasteiger partial charge in [-0.1, -0.05) is 34.1 Å². The Balaban J connectivity index is 2.15. The van der Waals surface area contributed by atoms with E-state index < -0.39 is 17.4 Å². The first-order chi connectivity index (χ1) is 13.9. The zero-order valence-corrected chi connectivity index (χ0v) is 16.9. The predicted molar refractivity (Wildman–Crippen MR) is 110 cm³/mol. The molecule has 0 spiro atoms. The van der Waals surface area contributed by atoms with Crippen molar-refractivity contribution in [2.24, 2.45) is 5.73 Å². The van der Waals surface area contributed by atoms with Crippen LogP contribution in [0.1, 0.15) is 17.4 Å². The number of aromatic nitrogens is 4. The SMILES string of the molecule is CCn1c(=O)n(-c2ccc(F)cc2)c2nc(-c3ccccc3Br)nc(C(N)=O)c21. The number of benzene rings is 2. The molecular weight excluding hydrogens is 441 g/mol. The third-order valence-electron chi connectivity index (χ3n) is 4.52. The van der Waals surface area contributed by atoms with Crippen molar-refractivity contribution in [1.29, 1.82) is 0 Å². The number of hydrogen-bond donors (Lipinski definition) is 1. The van der Waals surface area contributed by atoms with Gasteiger partial charge in [-0.2, -0.15) is 0 Å². The number of carbonyl (C=O) groups is 1. The van der Waals surface area contributed by atoms with Crippen molar-refractivity contribution < 1.29 is 9.18 Å². The van der Waals surface area contributed by atoms with Gasteiger partial charge in [0.05, 0.1) is 5.69 Å². The molecule has 2 aromatic heterocycles. The topological polar surface area (TPSA) is 95.8 Å². The van der Waals surface area contributed by atoms with Crippen molar-refractivity contribution in [1.82, 2.24) is 19.1 Å². The van der Waals surface area contributed by atoms with E-state index >= 15 is 0 Å². The number of hydrogen-bond acceptors (Lipinski definition) is 4. The Morgan fingerprint density at radius 1 is 1.14 bits per heavy atom. The smallest absolute Gasteiger partial charge is 0.335 e. The normalized spacial score (nSPS) is 11.1. The summed E-state index contributed by atoms with van der Waals surface area (Å²) in [6.07, 6.45) is 0. The van der Waals surface area contributed by atoms with E-state index in [9.17, 15) is 14.0 Å². The quantitative estimate of drug-likeness (QED) is 0.510. The van der Waals surface area contributed by atoms with Gasteiger partial charge in [0.1, 0.15) is 11.3 Å². The monoisotopic (exact) mass is 455 g/mol. The first-order valence-corrected chi connectivity index (χ1v) is 9.55. The number of nitrogens with zero attached hydrogens (tertiary/aromatic N) is 4. The standard InChI is InChI=1S/C20H15BrFN5O2/c1-2-26-16-15(17(23)28)24-18(13-5-3-4-6-14(13)21)25-19(16)27(20(26)29)12-9-7-11(22)8-10-12/h3-10H,2H2,1H3,(H2,23,28). The van der Waals surface area contributed by atoms with Crippen LogP contribution in [0.25, 0.3) is 28.2 Å². The van der Waals surface area contributed by atoms with Gasteiger partial charge >= 0.3 is 5.69 Å². The average molecular weight is 456 g/mol. The van der Waals surface area contributed by atoms with Crippen LogP contribution in [0.3, 0.4) is 0 Å². The molecule has 0 aliphatic heterocycles.